The molecule has 3 heteroatoms. The molecule has 0 aliphatic carbocycles. The second kappa shape index (κ2) is 9.64. The van der Waals surface area contributed by atoms with Crippen LogP contribution in [0.4, 0.5) is 0 Å². The Hall–Kier alpha value is -0.570. The lowest BCUT2D eigenvalue weighted by Gasteiger charge is -2.18. The SMILES string of the molecule is CCCCC(CC)CNC(C)C(=O)OCC. The van der Waals surface area contributed by atoms with Crippen molar-refractivity contribution >= 4 is 5.97 Å². The Morgan fingerprint density at radius 3 is 2.50 bits per heavy atom. The van der Waals surface area contributed by atoms with Crippen molar-refractivity contribution in [1.29, 1.82) is 0 Å². The number of carbonyl (C=O) groups is 1. The molecule has 0 aliphatic rings. The van der Waals surface area contributed by atoms with Gasteiger partial charge in [-0.05, 0) is 32.7 Å². The molecule has 16 heavy (non-hydrogen) atoms. The fourth-order valence-corrected chi connectivity index (χ4v) is 1.64. The third kappa shape index (κ3) is 6.83. The molecule has 2 unspecified atom stereocenters. The molecule has 0 aliphatic heterocycles. The summed E-state index contributed by atoms with van der Waals surface area (Å²) in [5.41, 5.74) is 0. The van der Waals surface area contributed by atoms with Crippen LogP contribution < -0.4 is 5.32 Å². The van der Waals surface area contributed by atoms with Crippen LogP contribution in [0, 0.1) is 5.92 Å². The minimum Gasteiger partial charge on any atom is -0.465 e. The Labute approximate surface area is 99.9 Å². The molecule has 0 heterocycles. The van der Waals surface area contributed by atoms with Crippen molar-refractivity contribution in [1.82, 2.24) is 5.32 Å². The van der Waals surface area contributed by atoms with Gasteiger partial charge in [0.05, 0.1) is 6.61 Å². The van der Waals surface area contributed by atoms with Crippen LogP contribution in [0.15, 0.2) is 0 Å². The maximum atomic E-state index is 11.4. The van der Waals surface area contributed by atoms with E-state index in [0.717, 1.165) is 6.54 Å². The number of hydrogen-bond acceptors (Lipinski definition) is 3. The van der Waals surface area contributed by atoms with Gasteiger partial charge in [0.2, 0.25) is 0 Å². The van der Waals surface area contributed by atoms with Crippen molar-refractivity contribution in [2.75, 3.05) is 13.2 Å². The largest absolute Gasteiger partial charge is 0.465 e. The zero-order chi connectivity index (χ0) is 12.4. The van der Waals surface area contributed by atoms with Crippen LogP contribution in [-0.2, 0) is 9.53 Å². The summed E-state index contributed by atoms with van der Waals surface area (Å²) in [7, 11) is 0. The number of esters is 1. The van der Waals surface area contributed by atoms with E-state index in [9.17, 15) is 4.79 Å². The van der Waals surface area contributed by atoms with Crippen LogP contribution in [0.5, 0.6) is 0 Å². The normalized spacial score (nSPS) is 14.5. The molecule has 0 bridgehead atoms. The van der Waals surface area contributed by atoms with Crippen LogP contribution in [0.3, 0.4) is 0 Å². The lowest BCUT2D eigenvalue weighted by atomic mass is 9.99. The molecule has 0 aromatic heterocycles. The van der Waals surface area contributed by atoms with Gasteiger partial charge in [-0.15, -0.1) is 0 Å². The molecule has 0 aromatic rings. The van der Waals surface area contributed by atoms with E-state index in [4.69, 9.17) is 4.74 Å². The molecule has 0 fully saturated rings. The van der Waals surface area contributed by atoms with E-state index in [1.54, 1.807) is 0 Å². The van der Waals surface area contributed by atoms with Gasteiger partial charge in [0.1, 0.15) is 6.04 Å². The summed E-state index contributed by atoms with van der Waals surface area (Å²) in [5.74, 6) is 0.532. The molecule has 0 aromatic carbocycles. The second-order valence-corrected chi connectivity index (χ2v) is 4.30. The number of ether oxygens (including phenoxy) is 1. The summed E-state index contributed by atoms with van der Waals surface area (Å²) < 4.78 is 4.95. The molecule has 0 saturated carbocycles. The summed E-state index contributed by atoms with van der Waals surface area (Å²) in [6, 6.07) is -0.185. The number of nitrogens with one attached hydrogen (secondary N) is 1. The zero-order valence-electron chi connectivity index (χ0n) is 11.2. The van der Waals surface area contributed by atoms with Crippen molar-refractivity contribution < 1.29 is 9.53 Å². The predicted molar refractivity (Wildman–Crippen MR) is 67.4 cm³/mol. The lowest BCUT2D eigenvalue weighted by Crippen LogP contribution is -2.38. The number of rotatable bonds is 9. The predicted octanol–water partition coefficient (Wildman–Crippen LogP) is 2.74. The van der Waals surface area contributed by atoms with E-state index in [-0.39, 0.29) is 12.0 Å². The van der Waals surface area contributed by atoms with E-state index < -0.39 is 0 Å². The van der Waals surface area contributed by atoms with Crippen molar-refractivity contribution in [2.45, 2.75) is 59.4 Å². The topological polar surface area (TPSA) is 38.3 Å². The Bertz CT molecular complexity index is 183. The average molecular weight is 229 g/mol. The van der Waals surface area contributed by atoms with Crippen LogP contribution in [0.25, 0.3) is 0 Å². The number of carbonyl (C=O) groups excluding carboxylic acids is 1. The summed E-state index contributed by atoms with van der Waals surface area (Å²) >= 11 is 0. The van der Waals surface area contributed by atoms with Gasteiger partial charge in [0, 0.05) is 0 Å². The Balaban J connectivity index is 3.77. The van der Waals surface area contributed by atoms with Gasteiger partial charge in [0.15, 0.2) is 0 Å². The first-order valence-corrected chi connectivity index (χ1v) is 6.55. The molecule has 0 rings (SSSR count). The fraction of sp³-hybridized carbons (Fsp3) is 0.923. The monoisotopic (exact) mass is 229 g/mol. The van der Waals surface area contributed by atoms with Crippen LogP contribution in [0.2, 0.25) is 0 Å². The van der Waals surface area contributed by atoms with Gasteiger partial charge in [-0.25, -0.2) is 0 Å². The molecule has 0 amide bonds. The standard InChI is InChI=1S/C13H27NO2/c1-5-8-9-12(6-2)10-14-11(4)13(15)16-7-3/h11-12,14H,5-10H2,1-4H3. The molecular weight excluding hydrogens is 202 g/mol. The van der Waals surface area contributed by atoms with Gasteiger partial charge in [-0.2, -0.15) is 0 Å². The van der Waals surface area contributed by atoms with Gasteiger partial charge >= 0.3 is 5.97 Å². The molecule has 0 saturated heterocycles. The smallest absolute Gasteiger partial charge is 0.322 e. The Morgan fingerprint density at radius 1 is 1.31 bits per heavy atom. The Morgan fingerprint density at radius 2 is 2.00 bits per heavy atom. The van der Waals surface area contributed by atoms with Crippen molar-refractivity contribution in [2.24, 2.45) is 5.92 Å². The lowest BCUT2D eigenvalue weighted by molar-refractivity contribution is -0.145. The highest BCUT2D eigenvalue weighted by molar-refractivity contribution is 5.75. The minimum absolute atomic E-state index is 0.146. The first-order chi connectivity index (χ1) is 7.65. The van der Waals surface area contributed by atoms with Crippen LogP contribution in [0.1, 0.15) is 53.4 Å². The molecule has 0 spiro atoms. The summed E-state index contributed by atoms with van der Waals surface area (Å²) in [6.45, 7) is 9.48. The highest BCUT2D eigenvalue weighted by Gasteiger charge is 2.14. The van der Waals surface area contributed by atoms with Gasteiger partial charge in [0.25, 0.3) is 0 Å². The first kappa shape index (κ1) is 15.4. The maximum Gasteiger partial charge on any atom is 0.322 e. The van der Waals surface area contributed by atoms with Crippen molar-refractivity contribution in [3.05, 3.63) is 0 Å². The van der Waals surface area contributed by atoms with E-state index in [1.807, 2.05) is 13.8 Å². The molecule has 2 atom stereocenters. The average Bonchev–Trinajstić information content (AvgIpc) is 2.29. The quantitative estimate of drug-likeness (QED) is 0.618. The van der Waals surface area contributed by atoms with Crippen molar-refractivity contribution in [3.63, 3.8) is 0 Å². The second-order valence-electron chi connectivity index (χ2n) is 4.30. The highest BCUT2D eigenvalue weighted by atomic mass is 16.5. The maximum absolute atomic E-state index is 11.4. The highest BCUT2D eigenvalue weighted by Crippen LogP contribution is 2.11. The van der Waals surface area contributed by atoms with E-state index in [2.05, 4.69) is 19.2 Å². The summed E-state index contributed by atoms with van der Waals surface area (Å²) in [4.78, 5) is 11.4. The minimum atomic E-state index is -0.185. The van der Waals surface area contributed by atoms with Gasteiger partial charge < -0.3 is 10.1 Å². The van der Waals surface area contributed by atoms with Gasteiger partial charge in [-0.1, -0.05) is 33.1 Å². The fourth-order valence-electron chi connectivity index (χ4n) is 1.64. The first-order valence-electron chi connectivity index (χ1n) is 6.55. The molecule has 1 N–H and O–H groups in total. The number of unbranched alkanes of at least 4 members (excludes halogenated alkanes) is 1. The van der Waals surface area contributed by atoms with Gasteiger partial charge in [-0.3, -0.25) is 4.79 Å². The van der Waals surface area contributed by atoms with E-state index in [1.165, 1.54) is 25.7 Å². The number of hydrogen-bond donors (Lipinski definition) is 1. The molecule has 96 valence electrons. The summed E-state index contributed by atoms with van der Waals surface area (Å²) in [6.07, 6.45) is 4.93. The van der Waals surface area contributed by atoms with E-state index >= 15 is 0 Å². The molecular formula is C13H27NO2. The van der Waals surface area contributed by atoms with E-state index in [0.29, 0.717) is 12.5 Å². The van der Waals surface area contributed by atoms with Crippen LogP contribution in [-0.4, -0.2) is 25.2 Å². The molecule has 0 radical (unpaired) electrons. The molecule has 3 nitrogen and oxygen atoms in total. The Kier molecular flexibility index (Phi) is 9.30. The van der Waals surface area contributed by atoms with Crippen molar-refractivity contribution in [3.8, 4) is 0 Å². The zero-order valence-corrected chi connectivity index (χ0v) is 11.2. The third-order valence-corrected chi connectivity index (χ3v) is 2.90. The van der Waals surface area contributed by atoms with Crippen LogP contribution >= 0.6 is 0 Å². The summed E-state index contributed by atoms with van der Waals surface area (Å²) in [5, 5.41) is 3.25. The third-order valence-electron chi connectivity index (χ3n) is 2.90.